The number of aromatic nitrogens is 2. The Hall–Kier alpha value is -2.37. The van der Waals surface area contributed by atoms with Gasteiger partial charge in [-0.3, -0.25) is 9.59 Å². The van der Waals surface area contributed by atoms with Crippen LogP contribution < -0.4 is 5.32 Å². The van der Waals surface area contributed by atoms with E-state index in [4.69, 9.17) is 4.98 Å². The molecule has 1 aromatic heterocycles. The van der Waals surface area contributed by atoms with Crippen LogP contribution in [0.4, 0.5) is 0 Å². The van der Waals surface area contributed by atoms with Gasteiger partial charge < -0.3 is 14.8 Å². The average Bonchev–Trinajstić information content (AvgIpc) is 3.13. The summed E-state index contributed by atoms with van der Waals surface area (Å²) >= 11 is 0. The van der Waals surface area contributed by atoms with E-state index in [9.17, 15) is 9.59 Å². The number of hydrogen-bond donors (Lipinski definition) is 1. The average molecular weight is 370 g/mol. The van der Waals surface area contributed by atoms with Gasteiger partial charge in [-0.25, -0.2) is 4.98 Å². The van der Waals surface area contributed by atoms with Gasteiger partial charge in [0.05, 0.1) is 23.0 Å². The number of para-hydroxylation sites is 2. The van der Waals surface area contributed by atoms with Crippen LogP contribution in [0.2, 0.25) is 0 Å². The number of carbonyl (C=O) groups is 2. The van der Waals surface area contributed by atoms with Crippen LogP contribution in [0.5, 0.6) is 0 Å². The van der Waals surface area contributed by atoms with Crippen LogP contribution in [0.15, 0.2) is 24.3 Å². The molecule has 0 spiro atoms. The molecule has 0 radical (unpaired) electrons. The van der Waals surface area contributed by atoms with Crippen LogP contribution in [0, 0.1) is 17.8 Å². The van der Waals surface area contributed by atoms with Gasteiger partial charge in [0, 0.05) is 26.6 Å². The van der Waals surface area contributed by atoms with E-state index in [1.807, 2.05) is 40.8 Å². The molecule has 1 aliphatic heterocycles. The molecular formula is C21H30N4O2. The standard InChI is InChI=1S/C21H30N4O2/c1-13(2)11-25-12-15(10-18(25)26)21(27)23-19(14(3)4)20-22-16-8-6-7-9-17(16)24(20)5/h6-9,13-15,19H,10-12H2,1-5H3,(H,23,27). The summed E-state index contributed by atoms with van der Waals surface area (Å²) in [5, 5.41) is 3.17. The molecule has 6 heteroatoms. The van der Waals surface area contributed by atoms with Gasteiger partial charge in [0.2, 0.25) is 11.8 Å². The van der Waals surface area contributed by atoms with Gasteiger partial charge in [-0.2, -0.15) is 0 Å². The number of nitrogens with one attached hydrogen (secondary N) is 1. The predicted molar refractivity (Wildman–Crippen MR) is 106 cm³/mol. The van der Waals surface area contributed by atoms with Gasteiger partial charge in [-0.15, -0.1) is 0 Å². The molecule has 2 heterocycles. The summed E-state index contributed by atoms with van der Waals surface area (Å²) < 4.78 is 2.05. The zero-order chi connectivity index (χ0) is 19.7. The first kappa shape index (κ1) is 19.4. The second-order valence-corrected chi connectivity index (χ2v) is 8.34. The van der Waals surface area contributed by atoms with E-state index < -0.39 is 0 Å². The minimum absolute atomic E-state index is 0.0552. The molecule has 6 nitrogen and oxygen atoms in total. The van der Waals surface area contributed by atoms with Crippen molar-refractivity contribution in [2.24, 2.45) is 24.8 Å². The van der Waals surface area contributed by atoms with Crippen molar-refractivity contribution in [3.63, 3.8) is 0 Å². The van der Waals surface area contributed by atoms with Gasteiger partial charge in [0.25, 0.3) is 0 Å². The highest BCUT2D eigenvalue weighted by Crippen LogP contribution is 2.26. The summed E-state index contributed by atoms with van der Waals surface area (Å²) in [6.45, 7) is 9.55. The largest absolute Gasteiger partial charge is 0.346 e. The number of fused-ring (bicyclic) bond motifs is 1. The highest BCUT2D eigenvalue weighted by molar-refractivity contribution is 5.89. The minimum atomic E-state index is -0.285. The first-order chi connectivity index (χ1) is 12.8. The normalized spacial score (nSPS) is 18.7. The Bertz CT molecular complexity index is 840. The third-order valence-electron chi connectivity index (χ3n) is 5.24. The number of likely N-dealkylation sites (tertiary alicyclic amines) is 1. The highest BCUT2D eigenvalue weighted by atomic mass is 16.2. The topological polar surface area (TPSA) is 67.2 Å². The lowest BCUT2D eigenvalue weighted by molar-refractivity contribution is -0.129. The maximum Gasteiger partial charge on any atom is 0.226 e. The minimum Gasteiger partial charge on any atom is -0.346 e. The fourth-order valence-corrected chi connectivity index (χ4v) is 3.81. The third-order valence-corrected chi connectivity index (χ3v) is 5.24. The molecule has 146 valence electrons. The summed E-state index contributed by atoms with van der Waals surface area (Å²) in [7, 11) is 1.98. The molecule has 27 heavy (non-hydrogen) atoms. The molecule has 2 atom stereocenters. The molecule has 2 aromatic rings. The molecule has 1 fully saturated rings. The number of rotatable bonds is 6. The molecule has 1 saturated heterocycles. The fraction of sp³-hybridized carbons (Fsp3) is 0.571. The second-order valence-electron chi connectivity index (χ2n) is 8.34. The Labute approximate surface area is 160 Å². The Balaban J connectivity index is 1.77. The molecule has 2 unspecified atom stereocenters. The number of aryl methyl sites for hydroxylation is 1. The van der Waals surface area contributed by atoms with E-state index in [1.54, 1.807) is 0 Å². The van der Waals surface area contributed by atoms with E-state index in [-0.39, 0.29) is 29.7 Å². The second kappa shape index (κ2) is 7.71. The molecule has 0 bridgehead atoms. The Morgan fingerprint density at radius 2 is 1.96 bits per heavy atom. The van der Waals surface area contributed by atoms with E-state index >= 15 is 0 Å². The van der Waals surface area contributed by atoms with Gasteiger partial charge >= 0.3 is 0 Å². The van der Waals surface area contributed by atoms with E-state index in [1.165, 1.54) is 0 Å². The van der Waals surface area contributed by atoms with Crippen molar-refractivity contribution >= 4 is 22.8 Å². The van der Waals surface area contributed by atoms with E-state index in [0.29, 0.717) is 25.4 Å². The SMILES string of the molecule is CC(C)CN1CC(C(=O)NC(c2nc3ccccc3n2C)C(C)C)CC1=O. The van der Waals surface area contributed by atoms with Crippen molar-refractivity contribution in [2.75, 3.05) is 13.1 Å². The van der Waals surface area contributed by atoms with Gasteiger partial charge in [0.1, 0.15) is 5.82 Å². The van der Waals surface area contributed by atoms with Crippen LogP contribution >= 0.6 is 0 Å². The quantitative estimate of drug-likeness (QED) is 0.850. The molecular weight excluding hydrogens is 340 g/mol. The molecule has 1 aliphatic rings. The first-order valence-electron chi connectivity index (χ1n) is 9.77. The smallest absolute Gasteiger partial charge is 0.226 e. The fourth-order valence-electron chi connectivity index (χ4n) is 3.81. The molecule has 1 N–H and O–H groups in total. The Kier molecular flexibility index (Phi) is 5.53. The van der Waals surface area contributed by atoms with Gasteiger partial charge in [-0.1, -0.05) is 39.8 Å². The Morgan fingerprint density at radius 1 is 1.26 bits per heavy atom. The predicted octanol–water partition coefficient (Wildman–Crippen LogP) is 2.89. The number of nitrogens with zero attached hydrogens (tertiary/aromatic N) is 3. The zero-order valence-electron chi connectivity index (χ0n) is 16.9. The first-order valence-corrected chi connectivity index (χ1v) is 9.77. The van der Waals surface area contributed by atoms with E-state index in [2.05, 4.69) is 33.0 Å². The summed E-state index contributed by atoms with van der Waals surface area (Å²) in [6, 6.07) is 7.78. The van der Waals surface area contributed by atoms with Crippen molar-refractivity contribution in [1.29, 1.82) is 0 Å². The van der Waals surface area contributed by atoms with Crippen LogP contribution in [0.3, 0.4) is 0 Å². The lowest BCUT2D eigenvalue weighted by Gasteiger charge is -2.24. The molecule has 2 amide bonds. The maximum absolute atomic E-state index is 12.9. The molecule has 1 aromatic carbocycles. The van der Waals surface area contributed by atoms with Crippen LogP contribution in [-0.4, -0.2) is 39.4 Å². The lowest BCUT2D eigenvalue weighted by Crippen LogP contribution is -2.38. The number of imidazole rings is 1. The lowest BCUT2D eigenvalue weighted by atomic mass is 10.0. The maximum atomic E-state index is 12.9. The van der Waals surface area contributed by atoms with Gasteiger partial charge in [0.15, 0.2) is 0 Å². The molecule has 0 saturated carbocycles. The van der Waals surface area contributed by atoms with Gasteiger partial charge in [-0.05, 0) is 24.0 Å². The number of amides is 2. The molecule has 3 rings (SSSR count). The summed E-state index contributed by atoms with van der Waals surface area (Å²) in [5.41, 5.74) is 1.97. The highest BCUT2D eigenvalue weighted by Gasteiger charge is 2.36. The van der Waals surface area contributed by atoms with Crippen molar-refractivity contribution in [2.45, 2.75) is 40.2 Å². The summed E-state index contributed by atoms with van der Waals surface area (Å²) in [6.07, 6.45) is 0.298. The number of carbonyl (C=O) groups excluding carboxylic acids is 2. The van der Waals surface area contributed by atoms with Crippen molar-refractivity contribution in [1.82, 2.24) is 19.8 Å². The van der Waals surface area contributed by atoms with Crippen LogP contribution in [0.25, 0.3) is 11.0 Å². The monoisotopic (exact) mass is 370 g/mol. The van der Waals surface area contributed by atoms with E-state index in [0.717, 1.165) is 16.9 Å². The summed E-state index contributed by atoms with van der Waals surface area (Å²) in [5.74, 6) is 1.18. The zero-order valence-corrected chi connectivity index (χ0v) is 16.9. The van der Waals surface area contributed by atoms with Crippen LogP contribution in [0.1, 0.15) is 46.0 Å². The molecule has 0 aliphatic carbocycles. The van der Waals surface area contributed by atoms with Crippen molar-refractivity contribution in [3.8, 4) is 0 Å². The van der Waals surface area contributed by atoms with Crippen molar-refractivity contribution < 1.29 is 9.59 Å². The number of hydrogen-bond acceptors (Lipinski definition) is 3. The van der Waals surface area contributed by atoms with Crippen LogP contribution in [-0.2, 0) is 16.6 Å². The Morgan fingerprint density at radius 3 is 2.59 bits per heavy atom. The van der Waals surface area contributed by atoms with Crippen molar-refractivity contribution in [3.05, 3.63) is 30.1 Å². The number of benzene rings is 1. The summed E-state index contributed by atoms with van der Waals surface area (Å²) in [4.78, 5) is 31.7. The third kappa shape index (κ3) is 3.99.